The molecule has 8 heteroatoms. The smallest absolute Gasteiger partial charge is 0.336 e. The lowest BCUT2D eigenvalue weighted by molar-refractivity contribution is -0.0945. The molecule has 2 aliphatic rings. The van der Waals surface area contributed by atoms with Crippen molar-refractivity contribution in [3.05, 3.63) is 64.3 Å². The fourth-order valence-corrected chi connectivity index (χ4v) is 6.07. The van der Waals surface area contributed by atoms with Gasteiger partial charge >= 0.3 is 5.63 Å². The fourth-order valence-electron chi connectivity index (χ4n) is 6.07. The van der Waals surface area contributed by atoms with Crippen molar-refractivity contribution in [2.75, 3.05) is 13.2 Å². The molecule has 2 heterocycles. The standard InChI is InChI=1S/C33H45N3O5/c1-7-8-25-19-33(25)17-24(18-33)21-40-32(5,6)12-14-39-31(3,4)11-13-36-20-26(34-35-36)22-38-27-9-10-28-23(2)15-30(37)41-29(28)16-27/h7-10,15-16,20,24-25H,11-14,17-19,21-22H2,1-6H3/b8-7-/t24?,25-,33?/m0/s1. The maximum atomic E-state index is 11.7. The van der Waals surface area contributed by atoms with E-state index >= 15 is 0 Å². The first-order valence-electron chi connectivity index (χ1n) is 14.9. The Morgan fingerprint density at radius 1 is 1.10 bits per heavy atom. The average Bonchev–Trinajstić information content (AvgIpc) is 3.40. The van der Waals surface area contributed by atoms with Crippen molar-refractivity contribution >= 4 is 11.0 Å². The van der Waals surface area contributed by atoms with Crippen molar-refractivity contribution in [3.63, 3.8) is 0 Å². The van der Waals surface area contributed by atoms with Gasteiger partial charge in [-0.05, 0) is 109 Å². The van der Waals surface area contributed by atoms with Crippen molar-refractivity contribution in [1.82, 2.24) is 15.0 Å². The minimum absolute atomic E-state index is 0.193. The van der Waals surface area contributed by atoms with Crippen LogP contribution < -0.4 is 10.4 Å². The summed E-state index contributed by atoms with van der Waals surface area (Å²) in [5.74, 6) is 2.13. The van der Waals surface area contributed by atoms with Crippen molar-refractivity contribution in [3.8, 4) is 5.75 Å². The average molecular weight is 564 g/mol. The van der Waals surface area contributed by atoms with Gasteiger partial charge in [-0.3, -0.25) is 4.68 Å². The van der Waals surface area contributed by atoms with Crippen LogP contribution in [-0.2, 0) is 22.6 Å². The number of nitrogens with zero attached hydrogens (tertiary/aromatic N) is 3. The van der Waals surface area contributed by atoms with E-state index in [0.717, 1.165) is 42.0 Å². The number of fused-ring (bicyclic) bond motifs is 1. The lowest BCUT2D eigenvalue weighted by Gasteiger charge is -2.39. The Morgan fingerprint density at radius 3 is 2.66 bits per heavy atom. The number of ether oxygens (including phenoxy) is 3. The van der Waals surface area contributed by atoms with Gasteiger partial charge in [-0.15, -0.1) is 5.10 Å². The maximum absolute atomic E-state index is 11.7. The molecule has 0 aliphatic heterocycles. The number of aryl methyl sites for hydroxylation is 2. The molecule has 3 aromatic rings. The SMILES string of the molecule is C/C=C\[C@H]1CC12CC(COC(C)(C)CCOC(C)(C)CCn1cc(COc3ccc4c(C)cc(=O)oc4c3)nn1)C2. The van der Waals surface area contributed by atoms with Crippen LogP contribution in [0.5, 0.6) is 5.75 Å². The Hall–Kier alpha value is -2.97. The van der Waals surface area contributed by atoms with Crippen LogP contribution in [0.3, 0.4) is 0 Å². The van der Waals surface area contributed by atoms with Gasteiger partial charge in [0.25, 0.3) is 0 Å². The molecule has 5 rings (SSSR count). The third-order valence-electron chi connectivity index (χ3n) is 8.81. The summed E-state index contributed by atoms with van der Waals surface area (Å²) >= 11 is 0. The highest BCUT2D eigenvalue weighted by Crippen LogP contribution is 2.68. The molecule has 0 N–H and O–H groups in total. The second-order valence-electron chi connectivity index (χ2n) is 13.3. The summed E-state index contributed by atoms with van der Waals surface area (Å²) < 4.78 is 25.6. The van der Waals surface area contributed by atoms with Crippen molar-refractivity contribution in [2.45, 2.75) is 98.0 Å². The molecule has 2 aliphatic carbocycles. The van der Waals surface area contributed by atoms with Gasteiger partial charge < -0.3 is 18.6 Å². The molecule has 1 atom stereocenters. The van der Waals surface area contributed by atoms with Gasteiger partial charge in [0.1, 0.15) is 23.6 Å². The normalized spacial score (nSPS) is 22.5. The molecular formula is C33H45N3O5. The van der Waals surface area contributed by atoms with Gasteiger partial charge in [0.05, 0.1) is 30.6 Å². The van der Waals surface area contributed by atoms with Crippen molar-refractivity contribution in [1.29, 1.82) is 0 Å². The summed E-state index contributed by atoms with van der Waals surface area (Å²) in [6.07, 6.45) is 12.2. The molecule has 0 unspecified atom stereocenters. The van der Waals surface area contributed by atoms with Crippen LogP contribution >= 0.6 is 0 Å². The van der Waals surface area contributed by atoms with Crippen LogP contribution in [0, 0.1) is 24.2 Å². The first kappa shape index (κ1) is 29.5. The molecule has 2 fully saturated rings. The van der Waals surface area contributed by atoms with Crippen molar-refractivity contribution < 1.29 is 18.6 Å². The van der Waals surface area contributed by atoms with Crippen molar-refractivity contribution in [2.24, 2.45) is 17.3 Å². The van der Waals surface area contributed by atoms with Crippen LogP contribution in [-0.4, -0.2) is 39.4 Å². The molecule has 2 aromatic heterocycles. The van der Waals surface area contributed by atoms with Gasteiger partial charge in [-0.25, -0.2) is 4.79 Å². The molecule has 0 bridgehead atoms. The molecular weight excluding hydrogens is 518 g/mol. The topological polar surface area (TPSA) is 88.6 Å². The zero-order valence-electron chi connectivity index (χ0n) is 25.4. The van der Waals surface area contributed by atoms with Gasteiger partial charge in [0.15, 0.2) is 0 Å². The number of hydrogen-bond acceptors (Lipinski definition) is 7. The second-order valence-corrected chi connectivity index (χ2v) is 13.3. The molecule has 222 valence electrons. The molecule has 1 spiro atoms. The van der Waals surface area contributed by atoms with E-state index in [2.05, 4.69) is 57.1 Å². The number of allylic oxidation sites excluding steroid dienone is 2. The summed E-state index contributed by atoms with van der Waals surface area (Å²) in [6.45, 7) is 15.1. The van der Waals surface area contributed by atoms with Crippen LogP contribution in [0.15, 0.2) is 51.8 Å². The lowest BCUT2D eigenvalue weighted by atomic mass is 9.70. The highest BCUT2D eigenvalue weighted by atomic mass is 16.5. The summed E-state index contributed by atoms with van der Waals surface area (Å²) in [6, 6.07) is 6.98. The fraction of sp³-hybridized carbons (Fsp3) is 0.606. The number of hydrogen-bond donors (Lipinski definition) is 0. The van der Waals surface area contributed by atoms with Gasteiger partial charge in [-0.2, -0.15) is 0 Å². The highest BCUT2D eigenvalue weighted by Gasteiger charge is 2.59. The second kappa shape index (κ2) is 11.7. The van der Waals surface area contributed by atoms with Crippen LogP contribution in [0.1, 0.15) is 78.0 Å². The highest BCUT2D eigenvalue weighted by molar-refractivity contribution is 5.81. The monoisotopic (exact) mass is 563 g/mol. The van der Waals surface area contributed by atoms with Crippen LogP contribution in [0.4, 0.5) is 0 Å². The molecule has 1 aromatic carbocycles. The Bertz CT molecular complexity index is 1430. The van der Waals surface area contributed by atoms with Crippen LogP contribution in [0.25, 0.3) is 11.0 Å². The van der Waals surface area contributed by atoms with E-state index in [-0.39, 0.29) is 23.4 Å². The van der Waals surface area contributed by atoms with E-state index in [1.807, 2.05) is 29.9 Å². The van der Waals surface area contributed by atoms with Crippen LogP contribution in [0.2, 0.25) is 0 Å². The lowest BCUT2D eigenvalue weighted by Crippen LogP contribution is -2.36. The molecule has 0 saturated heterocycles. The third kappa shape index (κ3) is 7.46. The van der Waals surface area contributed by atoms with E-state index in [4.69, 9.17) is 18.6 Å². The zero-order chi connectivity index (χ0) is 29.3. The van der Waals surface area contributed by atoms with E-state index in [0.29, 0.717) is 35.8 Å². The first-order valence-corrected chi connectivity index (χ1v) is 14.9. The Morgan fingerprint density at radius 2 is 1.88 bits per heavy atom. The Labute approximate surface area is 243 Å². The third-order valence-corrected chi connectivity index (χ3v) is 8.81. The first-order chi connectivity index (χ1) is 19.5. The Kier molecular flexibility index (Phi) is 8.44. The van der Waals surface area contributed by atoms with Gasteiger partial charge in [0.2, 0.25) is 0 Å². The van der Waals surface area contributed by atoms with E-state index < -0.39 is 0 Å². The van der Waals surface area contributed by atoms with E-state index in [1.54, 1.807) is 6.07 Å². The predicted molar refractivity (Wildman–Crippen MR) is 159 cm³/mol. The maximum Gasteiger partial charge on any atom is 0.336 e. The zero-order valence-corrected chi connectivity index (χ0v) is 25.4. The summed E-state index contributed by atoms with van der Waals surface area (Å²) in [5.41, 5.74) is 1.88. The largest absolute Gasteiger partial charge is 0.487 e. The molecule has 0 radical (unpaired) electrons. The number of aromatic nitrogens is 3. The van der Waals surface area contributed by atoms with Gasteiger partial charge in [0, 0.05) is 24.1 Å². The summed E-state index contributed by atoms with van der Waals surface area (Å²) in [4.78, 5) is 11.7. The number of rotatable bonds is 14. The minimum Gasteiger partial charge on any atom is -0.487 e. The number of benzene rings is 1. The van der Waals surface area contributed by atoms with E-state index in [9.17, 15) is 4.79 Å². The predicted octanol–water partition coefficient (Wildman–Crippen LogP) is 6.63. The summed E-state index contributed by atoms with van der Waals surface area (Å²) in [5, 5.41) is 9.39. The molecule has 41 heavy (non-hydrogen) atoms. The summed E-state index contributed by atoms with van der Waals surface area (Å²) in [7, 11) is 0. The minimum atomic E-state index is -0.368. The Balaban J connectivity index is 1.00. The van der Waals surface area contributed by atoms with Gasteiger partial charge in [-0.1, -0.05) is 17.4 Å². The van der Waals surface area contributed by atoms with E-state index in [1.165, 1.54) is 25.3 Å². The molecule has 0 amide bonds. The molecule has 2 saturated carbocycles. The quantitative estimate of drug-likeness (QED) is 0.161. The molecule has 8 nitrogen and oxygen atoms in total.